The van der Waals surface area contributed by atoms with Crippen LogP contribution in [0.2, 0.25) is 0 Å². The van der Waals surface area contributed by atoms with Gasteiger partial charge in [-0.25, -0.2) is 9.59 Å². The lowest BCUT2D eigenvalue weighted by Crippen LogP contribution is -2.69. The standard InChI is InChI=1S/C69H100O30/c1-29-42(75)45(78)48(81)59(90-29)97-55-50(83)52(94-41(74)17-12-31-10-13-32(88-9)14-11-31)30(2)91-61(55)99-63(87)69-23-22-64(3,4)24-34(69)33-15-16-38-65(5)20-19-40(66(6,28-71)37(65)18-21-67(38,7)68(33,8)25-39(69)73)93-62-56(98-60-49(82)46(79)44(77)36(26-70)92-60)53(51(84)54(96-62)57(85)86)95-58-47(80)43(76)35(72)27-89-58/h10-15,17,28-30,34-40,42-56,58-62,70,72-73,75-84H,16,18-27H2,1-9H3,(H,85,86)/b17-12+/t29-,30+,34-,35+,36+,37+,38+,39+,40-,42-,43-,44-,45+,46-,47+,48+,49+,50-,51-,52-,53-,54-,55+,56+,58-,59-,60-,61-,62+,65-,66-,67+,68+,69+/m0/s1. The average molecular weight is 1410 g/mol. The highest BCUT2D eigenvalue weighted by molar-refractivity contribution is 5.87. The van der Waals surface area contributed by atoms with Crippen LogP contribution < -0.4 is 4.74 Å². The summed E-state index contributed by atoms with van der Waals surface area (Å²) >= 11 is 0. The quantitative estimate of drug-likeness (QED) is 0.0292. The summed E-state index contributed by atoms with van der Waals surface area (Å²) in [5.41, 5.74) is -4.00. The lowest BCUT2D eigenvalue weighted by Gasteiger charge is -2.71. The van der Waals surface area contributed by atoms with Crippen molar-refractivity contribution < 1.29 is 148 Å². The minimum Gasteiger partial charge on any atom is -0.497 e. The molecule has 11 rings (SSSR count). The van der Waals surface area contributed by atoms with E-state index in [0.717, 1.165) is 17.9 Å². The number of carboxylic acid groups (broad SMARTS) is 1. The molecule has 14 N–H and O–H groups in total. The van der Waals surface area contributed by atoms with Gasteiger partial charge in [0.05, 0.1) is 50.2 Å². The van der Waals surface area contributed by atoms with Gasteiger partial charge in [-0.15, -0.1) is 0 Å². The fraction of sp³-hybridized carbons (Fsp3) is 0.797. The second-order valence-corrected chi connectivity index (χ2v) is 30.9. The zero-order valence-electron chi connectivity index (χ0n) is 56.9. The summed E-state index contributed by atoms with van der Waals surface area (Å²) in [7, 11) is 1.52. The van der Waals surface area contributed by atoms with E-state index < -0.39 is 230 Å². The molecule has 34 atom stereocenters. The van der Waals surface area contributed by atoms with E-state index in [-0.39, 0.29) is 30.6 Å². The lowest BCUT2D eigenvalue weighted by molar-refractivity contribution is -0.391. The van der Waals surface area contributed by atoms with Gasteiger partial charge in [-0.1, -0.05) is 65.3 Å². The van der Waals surface area contributed by atoms with Crippen molar-refractivity contribution in [1.82, 2.24) is 0 Å². The Kier molecular flexibility index (Phi) is 21.9. The molecule has 30 heteroatoms. The predicted molar refractivity (Wildman–Crippen MR) is 335 cm³/mol. The summed E-state index contributed by atoms with van der Waals surface area (Å²) < 4.78 is 72.1. The maximum atomic E-state index is 15.8. The first-order chi connectivity index (χ1) is 46.5. The van der Waals surface area contributed by atoms with E-state index in [2.05, 4.69) is 40.7 Å². The van der Waals surface area contributed by atoms with Crippen LogP contribution in [0.3, 0.4) is 0 Å². The molecule has 1 aromatic rings. The van der Waals surface area contributed by atoms with Gasteiger partial charge in [0.1, 0.15) is 103 Å². The first kappa shape index (κ1) is 75.8. The maximum Gasteiger partial charge on any atom is 0.335 e. The van der Waals surface area contributed by atoms with E-state index in [0.29, 0.717) is 49.8 Å². The summed E-state index contributed by atoms with van der Waals surface area (Å²) in [6.07, 6.45) is -37.0. The van der Waals surface area contributed by atoms with Crippen LogP contribution in [-0.4, -0.2) is 276 Å². The molecule has 0 spiro atoms. The SMILES string of the molecule is COc1ccc(/C=C/C(=O)O[C@@H]2[C@H](O)[C@@H](O[C@@H]3O[C@@H](C)[C@H](O)[C@@H](O)[C@H]3O)[C@H](OC(=O)[C@]34CCC(C)(C)C[C@H]3C3=CC[C@@H]5[C@@]6(C)CC[C@H](O[C@@H]7O[C@H](C(=O)O)[C@@H](O)[C@H](O[C@@H]8OC[C@@H](O)[C@H](O)[C@H]8O)[C@H]7O[C@@H]7O[C@H](CO)[C@H](O)[C@H](O)[C@H]7O)[C@@](C)(C=O)[C@@H]6CC[C@@]5(C)[C@]3(C)C[C@H]4O)O[C@@H]2C)cc1. The molecule has 0 radical (unpaired) electrons. The molecule has 4 saturated carbocycles. The number of aliphatic hydroxyl groups excluding tert-OH is 13. The molecule has 99 heavy (non-hydrogen) atoms. The molecule has 1 aromatic carbocycles. The van der Waals surface area contributed by atoms with E-state index in [1.165, 1.54) is 27.0 Å². The Labute approximate surface area is 572 Å². The van der Waals surface area contributed by atoms with Crippen LogP contribution in [0.5, 0.6) is 5.75 Å². The molecule has 5 heterocycles. The third kappa shape index (κ3) is 13.3. The van der Waals surface area contributed by atoms with Crippen molar-refractivity contribution in [3.63, 3.8) is 0 Å². The first-order valence-electron chi connectivity index (χ1n) is 34.3. The lowest BCUT2D eigenvalue weighted by atomic mass is 9.33. The summed E-state index contributed by atoms with van der Waals surface area (Å²) in [6, 6.07) is 6.81. The van der Waals surface area contributed by atoms with E-state index >= 15 is 4.79 Å². The van der Waals surface area contributed by atoms with Crippen molar-refractivity contribution in [3.8, 4) is 5.75 Å². The Hall–Kier alpha value is -4.30. The van der Waals surface area contributed by atoms with Gasteiger partial charge in [-0.3, -0.25) is 4.79 Å². The molecule has 9 fully saturated rings. The summed E-state index contributed by atoms with van der Waals surface area (Å²) in [4.78, 5) is 56.5. The van der Waals surface area contributed by atoms with Crippen LogP contribution in [0.15, 0.2) is 42.0 Å². The number of hydrogen-bond donors (Lipinski definition) is 14. The van der Waals surface area contributed by atoms with Gasteiger partial charge >= 0.3 is 17.9 Å². The van der Waals surface area contributed by atoms with Crippen molar-refractivity contribution in [2.24, 2.45) is 50.2 Å². The number of rotatable bonds is 17. The van der Waals surface area contributed by atoms with Gasteiger partial charge in [0, 0.05) is 6.08 Å². The van der Waals surface area contributed by atoms with Crippen molar-refractivity contribution in [3.05, 3.63) is 47.6 Å². The zero-order valence-corrected chi connectivity index (χ0v) is 56.9. The molecule has 0 unspecified atom stereocenters. The molecular formula is C69H100O30. The third-order valence-electron chi connectivity index (χ3n) is 24.8. The van der Waals surface area contributed by atoms with Crippen LogP contribution in [0.25, 0.3) is 6.08 Å². The molecule has 5 aliphatic carbocycles. The van der Waals surface area contributed by atoms with Crippen LogP contribution in [0.4, 0.5) is 0 Å². The molecular weight excluding hydrogens is 1310 g/mol. The van der Waals surface area contributed by atoms with Crippen molar-refractivity contribution in [1.29, 1.82) is 0 Å². The fourth-order valence-corrected chi connectivity index (χ4v) is 18.7. The zero-order chi connectivity index (χ0) is 72.1. The molecule has 556 valence electrons. The smallest absolute Gasteiger partial charge is 0.335 e. The van der Waals surface area contributed by atoms with Gasteiger partial charge in [-0.2, -0.15) is 0 Å². The molecule has 10 aliphatic rings. The molecule has 0 aromatic heterocycles. The predicted octanol–water partition coefficient (Wildman–Crippen LogP) is -1.00. The molecule has 30 nitrogen and oxygen atoms in total. The number of aliphatic carboxylic acids is 1. The maximum absolute atomic E-state index is 15.8. The second-order valence-electron chi connectivity index (χ2n) is 30.9. The summed E-state index contributed by atoms with van der Waals surface area (Å²) in [5.74, 6) is -4.21. The number of hydrogen-bond acceptors (Lipinski definition) is 29. The highest BCUT2D eigenvalue weighted by atomic mass is 16.8. The number of benzene rings is 1. The third-order valence-corrected chi connectivity index (χ3v) is 24.8. The van der Waals surface area contributed by atoms with Crippen LogP contribution in [0, 0.1) is 50.2 Å². The van der Waals surface area contributed by atoms with Crippen LogP contribution in [-0.2, 0) is 71.3 Å². The van der Waals surface area contributed by atoms with E-state index in [9.17, 15) is 85.9 Å². The number of allylic oxidation sites excluding steroid dienone is 2. The van der Waals surface area contributed by atoms with E-state index in [4.69, 9.17) is 56.8 Å². The first-order valence-corrected chi connectivity index (χ1v) is 34.3. The summed E-state index contributed by atoms with van der Waals surface area (Å²) in [5, 5.41) is 155. The molecule has 5 aliphatic heterocycles. The Bertz CT molecular complexity index is 3110. The Morgan fingerprint density at radius 3 is 1.90 bits per heavy atom. The topological polar surface area (TPSA) is 462 Å². The van der Waals surface area contributed by atoms with Crippen molar-refractivity contribution >= 4 is 30.3 Å². The fourth-order valence-electron chi connectivity index (χ4n) is 18.7. The molecule has 0 amide bonds. The van der Waals surface area contributed by atoms with Gasteiger partial charge in [0.15, 0.2) is 43.5 Å². The number of carbonyl (C=O) groups is 4. The molecule has 0 bridgehead atoms. The molecule has 5 saturated heterocycles. The Morgan fingerprint density at radius 2 is 1.24 bits per heavy atom. The number of fused-ring (bicyclic) bond motifs is 7. The number of ether oxygens (including phenoxy) is 12. The number of aliphatic hydroxyl groups is 13. The monoisotopic (exact) mass is 1410 g/mol. The number of carbonyl (C=O) groups excluding carboxylic acids is 3. The van der Waals surface area contributed by atoms with Gasteiger partial charge in [-0.05, 0) is 135 Å². The Balaban J connectivity index is 0.875. The minimum atomic E-state index is -2.21. The van der Waals surface area contributed by atoms with Crippen LogP contribution in [0.1, 0.15) is 119 Å². The highest BCUT2D eigenvalue weighted by Gasteiger charge is 2.73. The second kappa shape index (κ2) is 28.6. The minimum absolute atomic E-state index is 0.0687. The highest BCUT2D eigenvalue weighted by Crippen LogP contribution is 2.76. The van der Waals surface area contributed by atoms with Gasteiger partial charge in [0.25, 0.3) is 0 Å². The van der Waals surface area contributed by atoms with Crippen molar-refractivity contribution in [2.75, 3.05) is 20.3 Å². The number of esters is 2. The van der Waals surface area contributed by atoms with Gasteiger partial charge < -0.3 is 133 Å². The van der Waals surface area contributed by atoms with Crippen molar-refractivity contribution in [2.45, 2.75) is 273 Å². The van der Waals surface area contributed by atoms with E-state index in [1.807, 2.05) is 0 Å². The number of methoxy groups -OCH3 is 1. The summed E-state index contributed by atoms with van der Waals surface area (Å²) in [6.45, 7) is 13.8. The normalized spacial score (nSPS) is 49.7. The van der Waals surface area contributed by atoms with Gasteiger partial charge in [0.2, 0.25) is 6.29 Å². The largest absolute Gasteiger partial charge is 0.497 e. The van der Waals surface area contributed by atoms with Crippen LogP contribution >= 0.6 is 0 Å². The number of aldehydes is 1. The average Bonchev–Trinajstić information content (AvgIpc) is 0.671. The van der Waals surface area contributed by atoms with E-state index in [1.54, 1.807) is 31.2 Å². The Morgan fingerprint density at radius 1 is 0.606 bits per heavy atom. The number of carboxylic acids is 1.